The Balaban J connectivity index is 1.82. The summed E-state index contributed by atoms with van der Waals surface area (Å²) in [6.07, 6.45) is 1.05. The molecule has 0 fully saturated rings. The van der Waals surface area contributed by atoms with E-state index in [9.17, 15) is 18.4 Å². The van der Waals surface area contributed by atoms with E-state index in [-0.39, 0.29) is 30.3 Å². The molecule has 2 aromatic rings. The fourth-order valence-corrected chi connectivity index (χ4v) is 2.24. The molecule has 4 nitrogen and oxygen atoms in total. The van der Waals surface area contributed by atoms with Crippen molar-refractivity contribution in [3.05, 3.63) is 59.7 Å². The van der Waals surface area contributed by atoms with Crippen LogP contribution in [0.3, 0.4) is 0 Å². The van der Waals surface area contributed by atoms with Crippen LogP contribution in [0, 0.1) is 0 Å². The van der Waals surface area contributed by atoms with E-state index in [1.807, 2.05) is 19.1 Å². The second-order valence-corrected chi connectivity index (χ2v) is 5.42. The molecule has 2 aromatic carbocycles. The van der Waals surface area contributed by atoms with Crippen molar-refractivity contribution in [3.8, 4) is 5.75 Å². The predicted molar refractivity (Wildman–Crippen MR) is 91.1 cm³/mol. The van der Waals surface area contributed by atoms with Crippen molar-refractivity contribution in [2.45, 2.75) is 32.8 Å². The summed E-state index contributed by atoms with van der Waals surface area (Å²) >= 11 is 0. The number of alkyl halides is 2. The van der Waals surface area contributed by atoms with E-state index in [0.29, 0.717) is 11.3 Å². The summed E-state index contributed by atoms with van der Waals surface area (Å²) in [5.74, 6) is -0.404. The number of anilines is 1. The number of halogens is 2. The molecule has 0 aliphatic heterocycles. The maximum absolute atomic E-state index is 12.1. The molecule has 1 N–H and O–H groups in total. The first-order valence-corrected chi connectivity index (χ1v) is 7.95. The lowest BCUT2D eigenvalue weighted by Gasteiger charge is -2.07. The minimum absolute atomic E-state index is 0.0127. The standard InChI is InChI=1S/C19H19F2NO3/c1-2-13-3-5-14(6-4-13)17(23)11-12-18(24)22-15-7-9-16(10-8-15)25-19(20)21/h3-10,19H,2,11-12H2,1H3,(H,22,24). The predicted octanol–water partition coefficient (Wildman–Crippen LogP) is 4.45. The Morgan fingerprint density at radius 2 is 1.64 bits per heavy atom. The lowest BCUT2D eigenvalue weighted by Crippen LogP contribution is -2.13. The lowest BCUT2D eigenvalue weighted by atomic mass is 10.0. The quantitative estimate of drug-likeness (QED) is 0.718. The van der Waals surface area contributed by atoms with E-state index >= 15 is 0 Å². The Morgan fingerprint density at radius 1 is 1.00 bits per heavy atom. The number of hydrogen-bond acceptors (Lipinski definition) is 3. The molecule has 0 bridgehead atoms. The van der Waals surface area contributed by atoms with Crippen molar-refractivity contribution in [2.75, 3.05) is 5.32 Å². The number of amides is 1. The number of benzene rings is 2. The van der Waals surface area contributed by atoms with E-state index < -0.39 is 6.61 Å². The van der Waals surface area contributed by atoms with Gasteiger partial charge in [0.2, 0.25) is 5.91 Å². The number of ketones is 1. The van der Waals surface area contributed by atoms with E-state index in [2.05, 4.69) is 10.1 Å². The van der Waals surface area contributed by atoms with Gasteiger partial charge in [-0.15, -0.1) is 0 Å². The van der Waals surface area contributed by atoms with E-state index in [1.54, 1.807) is 12.1 Å². The van der Waals surface area contributed by atoms with Gasteiger partial charge in [-0.05, 0) is 36.2 Å². The summed E-state index contributed by atoms with van der Waals surface area (Å²) in [6.45, 7) is -0.856. The second kappa shape index (κ2) is 8.92. The van der Waals surface area contributed by atoms with Crippen LogP contribution in [0.2, 0.25) is 0 Å². The van der Waals surface area contributed by atoms with Gasteiger partial charge in [-0.3, -0.25) is 9.59 Å². The summed E-state index contributed by atoms with van der Waals surface area (Å²) in [7, 11) is 0. The van der Waals surface area contributed by atoms with Crippen LogP contribution in [0.5, 0.6) is 5.75 Å². The maximum Gasteiger partial charge on any atom is 0.387 e. The Morgan fingerprint density at radius 3 is 2.20 bits per heavy atom. The van der Waals surface area contributed by atoms with Crippen molar-refractivity contribution in [3.63, 3.8) is 0 Å². The molecule has 0 radical (unpaired) electrons. The molecule has 0 spiro atoms. The first kappa shape index (κ1) is 18.6. The molecular formula is C19H19F2NO3. The molecule has 0 unspecified atom stereocenters. The summed E-state index contributed by atoms with van der Waals surface area (Å²) < 4.78 is 28.4. The highest BCUT2D eigenvalue weighted by molar-refractivity contribution is 6.00. The highest BCUT2D eigenvalue weighted by Crippen LogP contribution is 2.18. The van der Waals surface area contributed by atoms with Gasteiger partial charge in [-0.2, -0.15) is 8.78 Å². The zero-order valence-corrected chi connectivity index (χ0v) is 13.8. The van der Waals surface area contributed by atoms with Crippen LogP contribution >= 0.6 is 0 Å². The van der Waals surface area contributed by atoms with Gasteiger partial charge >= 0.3 is 6.61 Å². The smallest absolute Gasteiger partial charge is 0.387 e. The minimum Gasteiger partial charge on any atom is -0.435 e. The van der Waals surface area contributed by atoms with Gasteiger partial charge in [-0.1, -0.05) is 31.2 Å². The molecule has 25 heavy (non-hydrogen) atoms. The van der Waals surface area contributed by atoms with Crippen LogP contribution in [-0.4, -0.2) is 18.3 Å². The molecule has 1 amide bonds. The molecule has 0 aliphatic rings. The summed E-state index contributed by atoms with van der Waals surface area (Å²) in [5, 5.41) is 2.61. The second-order valence-electron chi connectivity index (χ2n) is 5.42. The number of aryl methyl sites for hydroxylation is 1. The Bertz CT molecular complexity index is 712. The summed E-state index contributed by atoms with van der Waals surface area (Å²) in [4.78, 5) is 24.0. The van der Waals surface area contributed by atoms with Crippen molar-refractivity contribution in [1.82, 2.24) is 0 Å². The first-order chi connectivity index (χ1) is 12.0. The monoisotopic (exact) mass is 347 g/mol. The fraction of sp³-hybridized carbons (Fsp3) is 0.263. The van der Waals surface area contributed by atoms with Gasteiger partial charge in [0.05, 0.1) is 0 Å². The number of nitrogens with one attached hydrogen (secondary N) is 1. The largest absolute Gasteiger partial charge is 0.435 e. The Kier molecular flexibility index (Phi) is 6.62. The SMILES string of the molecule is CCc1ccc(C(=O)CCC(=O)Nc2ccc(OC(F)F)cc2)cc1. The number of ether oxygens (including phenoxy) is 1. The van der Waals surface area contributed by atoms with Gasteiger partial charge in [0.25, 0.3) is 0 Å². The average Bonchev–Trinajstić information content (AvgIpc) is 2.61. The van der Waals surface area contributed by atoms with E-state index in [0.717, 1.165) is 12.0 Å². The van der Waals surface area contributed by atoms with Crippen molar-refractivity contribution < 1.29 is 23.1 Å². The third-order valence-corrected chi connectivity index (χ3v) is 3.63. The summed E-state index contributed by atoms with van der Waals surface area (Å²) in [6, 6.07) is 12.9. The maximum atomic E-state index is 12.1. The van der Waals surface area contributed by atoms with Crippen LogP contribution in [0.1, 0.15) is 35.7 Å². The van der Waals surface area contributed by atoms with Crippen LogP contribution in [0.15, 0.2) is 48.5 Å². The number of rotatable bonds is 8. The van der Waals surface area contributed by atoms with Crippen molar-refractivity contribution in [1.29, 1.82) is 0 Å². The van der Waals surface area contributed by atoms with Crippen LogP contribution in [-0.2, 0) is 11.2 Å². The van der Waals surface area contributed by atoms with Crippen LogP contribution in [0.25, 0.3) is 0 Å². The van der Waals surface area contributed by atoms with E-state index in [1.165, 1.54) is 24.3 Å². The molecule has 2 rings (SSSR count). The van der Waals surface area contributed by atoms with Crippen LogP contribution < -0.4 is 10.1 Å². The van der Waals surface area contributed by atoms with Gasteiger partial charge in [-0.25, -0.2) is 0 Å². The molecule has 0 atom stereocenters. The van der Waals surface area contributed by atoms with Crippen molar-refractivity contribution >= 4 is 17.4 Å². The van der Waals surface area contributed by atoms with Crippen LogP contribution in [0.4, 0.5) is 14.5 Å². The lowest BCUT2D eigenvalue weighted by molar-refractivity contribution is -0.116. The van der Waals surface area contributed by atoms with Gasteiger partial charge in [0.15, 0.2) is 5.78 Å². The van der Waals surface area contributed by atoms with Gasteiger partial charge in [0.1, 0.15) is 5.75 Å². The fourth-order valence-electron chi connectivity index (χ4n) is 2.24. The highest BCUT2D eigenvalue weighted by Gasteiger charge is 2.10. The molecule has 0 saturated heterocycles. The molecule has 0 heterocycles. The third kappa shape index (κ3) is 5.99. The van der Waals surface area contributed by atoms with Gasteiger partial charge in [0, 0.05) is 24.1 Å². The molecule has 132 valence electrons. The number of Topliss-reactive ketones (excluding diaryl/α,β-unsaturated/α-hetero) is 1. The number of carbonyl (C=O) groups is 2. The normalized spacial score (nSPS) is 10.6. The van der Waals surface area contributed by atoms with Gasteiger partial charge < -0.3 is 10.1 Å². The number of hydrogen-bond donors (Lipinski definition) is 1. The average molecular weight is 347 g/mol. The molecular weight excluding hydrogens is 328 g/mol. The minimum atomic E-state index is -2.89. The first-order valence-electron chi connectivity index (χ1n) is 7.95. The zero-order chi connectivity index (χ0) is 18.2. The topological polar surface area (TPSA) is 55.4 Å². The molecule has 6 heteroatoms. The van der Waals surface area contributed by atoms with Crippen molar-refractivity contribution in [2.24, 2.45) is 0 Å². The highest BCUT2D eigenvalue weighted by atomic mass is 19.3. The Hall–Kier alpha value is -2.76. The molecule has 0 aromatic heterocycles. The van der Waals surface area contributed by atoms with E-state index in [4.69, 9.17) is 0 Å². The third-order valence-electron chi connectivity index (χ3n) is 3.63. The summed E-state index contributed by atoms with van der Waals surface area (Å²) in [5.41, 5.74) is 2.18. The zero-order valence-electron chi connectivity index (χ0n) is 13.8. The molecule has 0 saturated carbocycles. The molecule has 0 aliphatic carbocycles. The Labute approximate surface area is 144 Å². The number of carbonyl (C=O) groups excluding carboxylic acids is 2.